The minimum absolute atomic E-state index is 0.0223. The van der Waals surface area contributed by atoms with Crippen molar-refractivity contribution in [2.24, 2.45) is 0 Å². The molecule has 8 rings (SSSR count). The van der Waals surface area contributed by atoms with Gasteiger partial charge in [0.25, 0.3) is 5.56 Å². The summed E-state index contributed by atoms with van der Waals surface area (Å²) in [5, 5.41) is 20.8. The fraction of sp³-hybridized carbons (Fsp3) is 0.568. The first-order valence-corrected chi connectivity index (χ1v) is 30.0. The Kier molecular flexibility index (Phi) is 17.4. The lowest BCUT2D eigenvalue weighted by atomic mass is 10.2. The highest BCUT2D eigenvalue weighted by Crippen LogP contribution is 2.58. The van der Waals surface area contributed by atoms with Crippen LogP contribution in [0.3, 0.4) is 0 Å². The first kappa shape index (κ1) is 56.2. The number of aromatic amines is 1. The number of rotatable bonds is 20. The van der Waals surface area contributed by atoms with Gasteiger partial charge in [0.05, 0.1) is 44.7 Å². The standard InChI is InChI=1S/C37H50N11O20P3S3/c1-17-12-48(37(55)44-33(17)51)32-11-21(68-69(56,72)59-14-23-18(50)8-29(63-23)45-5-2-26(38)41-34(45)52)25(65-32)16-61-71(58,74)67-20-10-31(47-7-4-28(40)43-36(47)54)64-24(20)15-60-70(57,73)66-19-9-30(62-22(19)13-49)46-6-3-27(39)42-35(46)53/h2-7,12,18-25,29-32,49-50H,8-11,13-16H2,1H3,(H,56,72)(H,57,73)(H,58,74)(H2,38,41,52)(H2,39,42,53)(H2,40,43,54)(H,44,51,55)/t18?,19?,20?,21?,22-,23-,24-,25-,29-,30-,31-,32-,69?,70?,71?/m1/s1. The Balaban J connectivity index is 0.949. The number of aliphatic hydroxyl groups is 2. The van der Waals surface area contributed by atoms with Crippen molar-refractivity contribution in [3.8, 4) is 0 Å². The maximum Gasteiger partial charge on any atom is 0.386 e. The number of hydrogen-bond donors (Lipinski definition) is 9. The molecule has 8 heterocycles. The summed E-state index contributed by atoms with van der Waals surface area (Å²) in [6.07, 6.45) is -9.49. The van der Waals surface area contributed by atoms with Crippen LogP contribution in [0, 0.1) is 6.92 Å². The maximum atomic E-state index is 14.2. The molecule has 15 atom stereocenters. The van der Waals surface area contributed by atoms with Gasteiger partial charge in [-0.3, -0.25) is 37.1 Å². The molecular formula is C37H50N11O20P3S3. The first-order chi connectivity index (χ1) is 34.9. The number of H-pyrrole nitrogens is 1. The van der Waals surface area contributed by atoms with Crippen LogP contribution in [-0.4, -0.2) is 133 Å². The minimum Gasteiger partial charge on any atom is -0.394 e. The number of aliphatic hydroxyl groups excluding tert-OH is 2. The summed E-state index contributed by atoms with van der Waals surface area (Å²) in [7, 11) is 0. The van der Waals surface area contributed by atoms with Gasteiger partial charge in [0.2, 0.25) is 0 Å². The second-order valence-corrected chi connectivity index (χ2v) is 25.5. The number of nitrogens with one attached hydrogen (secondary N) is 1. The van der Waals surface area contributed by atoms with Crippen molar-refractivity contribution in [2.75, 3.05) is 43.6 Å². The summed E-state index contributed by atoms with van der Waals surface area (Å²) in [6, 6.07) is 4.05. The van der Waals surface area contributed by atoms with E-state index in [1.165, 1.54) is 49.9 Å². The summed E-state index contributed by atoms with van der Waals surface area (Å²) < 4.78 is 76.7. The topological polar surface area (TPSA) is 428 Å². The number of nitrogen functional groups attached to an aromatic ring is 3. The van der Waals surface area contributed by atoms with Gasteiger partial charge in [0.15, 0.2) is 0 Å². The number of nitrogens with two attached hydrogens (primary N) is 3. The van der Waals surface area contributed by atoms with Gasteiger partial charge in [-0.1, -0.05) is 12.2 Å². The first-order valence-electron chi connectivity index (χ1n) is 22.1. The van der Waals surface area contributed by atoms with Crippen LogP contribution in [0.1, 0.15) is 56.2 Å². The van der Waals surface area contributed by atoms with Crippen LogP contribution in [0.4, 0.5) is 17.5 Å². The number of aromatic nitrogens is 8. The van der Waals surface area contributed by atoms with E-state index in [-0.39, 0.29) is 48.7 Å². The van der Waals surface area contributed by atoms with Crippen LogP contribution in [0.2, 0.25) is 0 Å². The molecular weight excluding hydrogens is 1110 g/mol. The van der Waals surface area contributed by atoms with E-state index in [1.54, 1.807) is 0 Å². The van der Waals surface area contributed by atoms with Gasteiger partial charge in [-0.25, -0.2) is 23.7 Å². The van der Waals surface area contributed by atoms with Crippen molar-refractivity contribution in [3.63, 3.8) is 0 Å². The third-order valence-corrected chi connectivity index (χ3v) is 16.7. The van der Waals surface area contributed by atoms with Crippen molar-refractivity contribution in [2.45, 2.75) is 106 Å². The number of nitrogens with zero attached hydrogens (tertiary/aromatic N) is 7. The van der Waals surface area contributed by atoms with E-state index >= 15 is 0 Å². The predicted molar refractivity (Wildman–Crippen MR) is 264 cm³/mol. The Hall–Kier alpha value is -3.96. The van der Waals surface area contributed by atoms with E-state index in [0.29, 0.717) is 0 Å². The fourth-order valence-electron chi connectivity index (χ4n) is 8.29. The van der Waals surface area contributed by atoms with Crippen LogP contribution < -0.4 is 45.5 Å². The molecule has 4 fully saturated rings. The molecule has 7 unspecified atom stereocenters. The molecule has 37 heteroatoms. The molecule has 0 spiro atoms. The molecule has 406 valence electrons. The van der Waals surface area contributed by atoms with E-state index in [0.717, 1.165) is 18.3 Å². The SMILES string of the molecule is Cc1cn([C@H]2CC(OP(O)(=S)OC[C@H]3O[C@@H](n4ccc(N)nc4=O)CC3O)[C@@H](COP(=O)(S)OC3C[C@H](n4ccc(N)nc4=O)O[C@@H]3COP(O)(=S)OC3C[C@H](n4ccc(N)nc4=O)O[C@@H]3CO)O2)c(=O)[nH]c1=O. The molecule has 0 radical (unpaired) electrons. The average molecular weight is 1160 g/mol. The summed E-state index contributed by atoms with van der Waals surface area (Å²) in [5.74, 6) is -0.147. The lowest BCUT2D eigenvalue weighted by Gasteiger charge is -2.27. The Labute approximate surface area is 431 Å². The van der Waals surface area contributed by atoms with Crippen molar-refractivity contribution in [1.29, 1.82) is 0 Å². The highest BCUT2D eigenvalue weighted by Gasteiger charge is 2.47. The Morgan fingerprint density at radius 2 is 1.05 bits per heavy atom. The Bertz CT molecular complexity index is 3170. The van der Waals surface area contributed by atoms with Gasteiger partial charge in [-0.2, -0.15) is 15.0 Å². The molecule has 4 aromatic heterocycles. The van der Waals surface area contributed by atoms with Crippen LogP contribution >= 0.6 is 32.5 Å². The van der Waals surface area contributed by atoms with Crippen molar-refractivity contribution < 1.29 is 70.7 Å². The molecule has 0 amide bonds. The lowest BCUT2D eigenvalue weighted by molar-refractivity contribution is -0.0558. The summed E-state index contributed by atoms with van der Waals surface area (Å²) in [4.78, 5) is 98.7. The average Bonchev–Trinajstić information content (AvgIpc) is 4.10. The quantitative estimate of drug-likeness (QED) is 0.0361. The van der Waals surface area contributed by atoms with E-state index in [2.05, 4.69) is 32.2 Å². The van der Waals surface area contributed by atoms with Crippen molar-refractivity contribution in [3.05, 3.63) is 101 Å². The smallest absolute Gasteiger partial charge is 0.386 e. The molecule has 74 heavy (non-hydrogen) atoms. The molecule has 4 aliphatic heterocycles. The zero-order chi connectivity index (χ0) is 53.4. The predicted octanol–water partition coefficient (Wildman–Crippen LogP) is -1.46. The van der Waals surface area contributed by atoms with E-state index in [1.807, 2.05) is 0 Å². The fourth-order valence-corrected chi connectivity index (χ4v) is 12.8. The molecule has 4 saturated heterocycles. The zero-order valence-electron chi connectivity index (χ0n) is 38.4. The lowest BCUT2D eigenvalue weighted by Crippen LogP contribution is -2.33. The second-order valence-electron chi connectivity index (χ2n) is 17.0. The molecule has 0 aromatic carbocycles. The van der Waals surface area contributed by atoms with Gasteiger partial charge in [0, 0.05) is 56.0 Å². The monoisotopic (exact) mass is 1160 g/mol. The third-order valence-electron chi connectivity index (χ3n) is 11.9. The normalized spacial score (nSPS) is 30.5. The Morgan fingerprint density at radius 1 is 0.662 bits per heavy atom. The zero-order valence-corrected chi connectivity index (χ0v) is 43.6. The van der Waals surface area contributed by atoms with Crippen LogP contribution in [0.25, 0.3) is 0 Å². The second kappa shape index (κ2) is 22.9. The molecule has 4 aliphatic rings. The highest BCUT2D eigenvalue weighted by molar-refractivity contribution is 8.44. The summed E-state index contributed by atoms with van der Waals surface area (Å²) >= 11 is 14.8. The molecule has 11 N–H and O–H groups in total. The summed E-state index contributed by atoms with van der Waals surface area (Å²) in [5.41, 5.74) is 13.2. The van der Waals surface area contributed by atoms with Gasteiger partial charge in [-0.05, 0) is 48.7 Å². The number of anilines is 3. The summed E-state index contributed by atoms with van der Waals surface area (Å²) in [6.45, 7) is -14.2. The number of aryl methyl sites for hydroxylation is 1. The maximum absolute atomic E-state index is 14.2. The molecule has 4 aromatic rings. The van der Waals surface area contributed by atoms with E-state index in [9.17, 15) is 48.5 Å². The molecule has 0 bridgehead atoms. The minimum atomic E-state index is -4.58. The highest BCUT2D eigenvalue weighted by atomic mass is 32.7. The van der Waals surface area contributed by atoms with Crippen molar-refractivity contribution >= 4 is 73.6 Å². The third kappa shape index (κ3) is 13.6. The van der Waals surface area contributed by atoms with Crippen LogP contribution in [-0.2, 0) is 74.3 Å². The van der Waals surface area contributed by atoms with Gasteiger partial charge in [-0.15, -0.1) is 0 Å². The van der Waals surface area contributed by atoms with Gasteiger partial charge in [0.1, 0.15) is 72.9 Å². The van der Waals surface area contributed by atoms with Crippen LogP contribution in [0.5, 0.6) is 0 Å². The van der Waals surface area contributed by atoms with Gasteiger partial charge >= 0.3 is 43.0 Å². The largest absolute Gasteiger partial charge is 0.394 e. The molecule has 31 nitrogen and oxygen atoms in total. The number of hydrogen-bond acceptors (Lipinski definition) is 26. The number of thiol groups is 1. The molecule has 0 aliphatic carbocycles. The van der Waals surface area contributed by atoms with Crippen LogP contribution in [0.15, 0.2) is 67.0 Å². The van der Waals surface area contributed by atoms with E-state index in [4.69, 9.17) is 86.9 Å². The molecule has 0 saturated carbocycles. The van der Waals surface area contributed by atoms with Gasteiger partial charge < -0.3 is 74.2 Å². The Morgan fingerprint density at radius 3 is 1.53 bits per heavy atom. The van der Waals surface area contributed by atoms with Crippen molar-refractivity contribution in [1.82, 2.24) is 38.2 Å². The number of ether oxygens (including phenoxy) is 4. The van der Waals surface area contributed by atoms with E-state index < -0.39 is 149 Å².